The molecular formula is C22H24ClN5OS. The van der Waals surface area contributed by atoms with Crippen LogP contribution >= 0.6 is 23.4 Å². The van der Waals surface area contributed by atoms with Crippen LogP contribution < -0.4 is 0 Å². The van der Waals surface area contributed by atoms with Gasteiger partial charge >= 0.3 is 0 Å². The van der Waals surface area contributed by atoms with E-state index in [0.29, 0.717) is 21.8 Å². The Balaban J connectivity index is 1.62. The highest BCUT2D eigenvalue weighted by Gasteiger charge is 2.29. The number of hydrogen-bond acceptors (Lipinski definition) is 5. The number of halogens is 1. The van der Waals surface area contributed by atoms with E-state index in [9.17, 15) is 4.79 Å². The molecule has 0 N–H and O–H groups in total. The lowest BCUT2D eigenvalue weighted by Crippen LogP contribution is -2.48. The Labute approximate surface area is 185 Å². The first-order valence-corrected chi connectivity index (χ1v) is 11.5. The lowest BCUT2D eigenvalue weighted by atomic mass is 9.98. The molecule has 0 unspecified atom stereocenters. The highest BCUT2D eigenvalue weighted by Crippen LogP contribution is 2.30. The molecule has 1 aliphatic heterocycles. The van der Waals surface area contributed by atoms with Crippen molar-refractivity contribution < 1.29 is 4.79 Å². The molecule has 0 bridgehead atoms. The van der Waals surface area contributed by atoms with Crippen molar-refractivity contribution in [2.45, 2.75) is 50.4 Å². The van der Waals surface area contributed by atoms with Crippen LogP contribution in [0.4, 0.5) is 0 Å². The standard InChI is InChI=1S/C22H24ClN5OS/c1-15-4-3-5-16(2)27(15)20(29)14-30-22-26-25-21(17-10-12-24-13-11-17)28(22)19-8-6-18(23)7-9-19/h6-13,15-16H,3-5,14H2,1-2H3/t15-,16-/m1/s1. The molecule has 1 amide bonds. The lowest BCUT2D eigenvalue weighted by Gasteiger charge is -2.39. The molecule has 0 aliphatic carbocycles. The topological polar surface area (TPSA) is 63.9 Å². The molecule has 8 heteroatoms. The number of pyridine rings is 1. The maximum absolute atomic E-state index is 13.0. The number of hydrogen-bond donors (Lipinski definition) is 0. The monoisotopic (exact) mass is 441 g/mol. The van der Waals surface area contributed by atoms with Crippen LogP contribution in [0.15, 0.2) is 53.9 Å². The molecule has 2 aromatic heterocycles. The minimum absolute atomic E-state index is 0.149. The molecular weight excluding hydrogens is 418 g/mol. The van der Waals surface area contributed by atoms with E-state index in [0.717, 1.165) is 24.1 Å². The zero-order chi connectivity index (χ0) is 21.1. The van der Waals surface area contributed by atoms with Crippen molar-refractivity contribution in [2.75, 3.05) is 5.75 Å². The number of piperidine rings is 1. The van der Waals surface area contributed by atoms with Gasteiger partial charge in [-0.1, -0.05) is 23.4 Å². The fourth-order valence-corrected chi connectivity index (χ4v) is 4.94. The molecule has 2 atom stereocenters. The van der Waals surface area contributed by atoms with Crippen molar-refractivity contribution >= 4 is 29.3 Å². The number of rotatable bonds is 5. The van der Waals surface area contributed by atoms with E-state index in [1.807, 2.05) is 45.9 Å². The Morgan fingerprint density at radius 3 is 2.40 bits per heavy atom. The predicted octanol–water partition coefficient (Wildman–Crippen LogP) is 4.86. The van der Waals surface area contributed by atoms with Gasteiger partial charge in [0.15, 0.2) is 11.0 Å². The van der Waals surface area contributed by atoms with Crippen LogP contribution in [0.1, 0.15) is 33.1 Å². The average Bonchev–Trinajstić information content (AvgIpc) is 3.17. The van der Waals surface area contributed by atoms with E-state index in [1.54, 1.807) is 12.4 Å². The number of aromatic nitrogens is 4. The van der Waals surface area contributed by atoms with Crippen molar-refractivity contribution in [3.63, 3.8) is 0 Å². The third-order valence-corrected chi connectivity index (χ3v) is 6.63. The van der Waals surface area contributed by atoms with Gasteiger partial charge in [-0.2, -0.15) is 0 Å². The third kappa shape index (κ3) is 4.37. The quantitative estimate of drug-likeness (QED) is 0.529. The highest BCUT2D eigenvalue weighted by atomic mass is 35.5. The van der Waals surface area contributed by atoms with Crippen LogP contribution in [0.3, 0.4) is 0 Å². The summed E-state index contributed by atoms with van der Waals surface area (Å²) < 4.78 is 1.96. The number of likely N-dealkylation sites (tertiary alicyclic amines) is 1. The van der Waals surface area contributed by atoms with Crippen LogP contribution in [0.2, 0.25) is 5.02 Å². The van der Waals surface area contributed by atoms with Crippen molar-refractivity contribution in [3.8, 4) is 17.1 Å². The normalized spacial score (nSPS) is 19.1. The molecule has 6 nitrogen and oxygen atoms in total. The number of amides is 1. The average molecular weight is 442 g/mol. The van der Waals surface area contributed by atoms with E-state index in [4.69, 9.17) is 11.6 Å². The van der Waals surface area contributed by atoms with E-state index < -0.39 is 0 Å². The van der Waals surface area contributed by atoms with Gasteiger partial charge < -0.3 is 4.90 Å². The summed E-state index contributed by atoms with van der Waals surface area (Å²) in [6.45, 7) is 4.27. The summed E-state index contributed by atoms with van der Waals surface area (Å²) in [5, 5.41) is 10.1. The molecule has 0 saturated carbocycles. The second kappa shape index (κ2) is 9.18. The van der Waals surface area contributed by atoms with Gasteiger partial charge in [-0.15, -0.1) is 10.2 Å². The number of benzene rings is 1. The molecule has 30 heavy (non-hydrogen) atoms. The molecule has 3 heterocycles. The molecule has 156 valence electrons. The van der Waals surface area contributed by atoms with Gasteiger partial charge in [0.1, 0.15) is 0 Å². The van der Waals surface area contributed by atoms with E-state index >= 15 is 0 Å². The predicted molar refractivity (Wildman–Crippen MR) is 120 cm³/mol. The van der Waals surface area contributed by atoms with E-state index in [1.165, 1.54) is 18.2 Å². The SMILES string of the molecule is C[C@@H]1CCC[C@@H](C)N1C(=O)CSc1nnc(-c2ccncc2)n1-c1ccc(Cl)cc1. The first-order chi connectivity index (χ1) is 14.5. The van der Waals surface area contributed by atoms with Gasteiger partial charge in [-0.05, 0) is 69.5 Å². The Morgan fingerprint density at radius 2 is 1.73 bits per heavy atom. The number of carbonyl (C=O) groups is 1. The summed E-state index contributed by atoms with van der Waals surface area (Å²) in [7, 11) is 0. The molecule has 1 saturated heterocycles. The van der Waals surface area contributed by atoms with E-state index in [-0.39, 0.29) is 18.0 Å². The summed E-state index contributed by atoms with van der Waals surface area (Å²) in [5.41, 5.74) is 1.80. The van der Waals surface area contributed by atoms with Crippen molar-refractivity contribution in [2.24, 2.45) is 0 Å². The van der Waals surface area contributed by atoms with Crippen molar-refractivity contribution in [1.82, 2.24) is 24.6 Å². The van der Waals surface area contributed by atoms with Gasteiger partial charge in [0, 0.05) is 40.8 Å². The van der Waals surface area contributed by atoms with Gasteiger partial charge in [-0.3, -0.25) is 14.3 Å². The van der Waals surface area contributed by atoms with Gasteiger partial charge in [-0.25, -0.2) is 0 Å². The highest BCUT2D eigenvalue weighted by molar-refractivity contribution is 7.99. The molecule has 1 aliphatic rings. The van der Waals surface area contributed by atoms with Gasteiger partial charge in [0.2, 0.25) is 5.91 Å². The van der Waals surface area contributed by atoms with Crippen molar-refractivity contribution in [3.05, 3.63) is 53.8 Å². The summed E-state index contributed by atoms with van der Waals surface area (Å²) in [5.74, 6) is 1.18. The Kier molecular flexibility index (Phi) is 6.39. The second-order valence-corrected chi connectivity index (χ2v) is 8.95. The van der Waals surface area contributed by atoms with Crippen LogP contribution in [-0.2, 0) is 4.79 Å². The summed E-state index contributed by atoms with van der Waals surface area (Å²) >= 11 is 7.50. The minimum Gasteiger partial charge on any atom is -0.337 e. The van der Waals surface area contributed by atoms with Crippen molar-refractivity contribution in [1.29, 1.82) is 0 Å². The largest absolute Gasteiger partial charge is 0.337 e. The van der Waals surface area contributed by atoms with Crippen LogP contribution in [0, 0.1) is 0 Å². The molecule has 3 aromatic rings. The van der Waals surface area contributed by atoms with Crippen LogP contribution in [0.5, 0.6) is 0 Å². The molecule has 4 rings (SSSR count). The molecule has 1 aromatic carbocycles. The van der Waals surface area contributed by atoms with Crippen LogP contribution in [-0.4, -0.2) is 48.4 Å². The zero-order valence-electron chi connectivity index (χ0n) is 17.0. The fraction of sp³-hybridized carbons (Fsp3) is 0.364. The smallest absolute Gasteiger partial charge is 0.233 e. The maximum Gasteiger partial charge on any atom is 0.233 e. The van der Waals surface area contributed by atoms with Gasteiger partial charge in [0.05, 0.1) is 5.75 Å². The van der Waals surface area contributed by atoms with Gasteiger partial charge in [0.25, 0.3) is 0 Å². The van der Waals surface area contributed by atoms with Crippen LogP contribution in [0.25, 0.3) is 17.1 Å². The first kappa shape index (κ1) is 20.9. The third-order valence-electron chi connectivity index (χ3n) is 5.46. The summed E-state index contributed by atoms with van der Waals surface area (Å²) in [4.78, 5) is 19.1. The Bertz CT molecular complexity index is 998. The molecule has 0 spiro atoms. The fourth-order valence-electron chi connectivity index (χ4n) is 3.99. The summed E-state index contributed by atoms with van der Waals surface area (Å²) in [6, 6.07) is 11.9. The molecule has 1 fully saturated rings. The first-order valence-electron chi connectivity index (χ1n) is 10.1. The summed E-state index contributed by atoms with van der Waals surface area (Å²) in [6.07, 6.45) is 6.76. The molecule has 0 radical (unpaired) electrons. The maximum atomic E-state index is 13.0. The van der Waals surface area contributed by atoms with E-state index in [2.05, 4.69) is 29.0 Å². The Morgan fingerprint density at radius 1 is 1.07 bits per heavy atom. The lowest BCUT2D eigenvalue weighted by molar-refractivity contribution is -0.134. The number of thioether (sulfide) groups is 1. The number of carbonyl (C=O) groups excluding carboxylic acids is 1. The zero-order valence-corrected chi connectivity index (χ0v) is 18.6. The number of nitrogens with zero attached hydrogens (tertiary/aromatic N) is 5. The second-order valence-electron chi connectivity index (χ2n) is 7.57. The minimum atomic E-state index is 0.149. The Hall–Kier alpha value is -2.38.